The molecule has 0 N–H and O–H groups in total. The maximum absolute atomic E-state index is 6.32. The number of nitrogens with zero attached hydrogens (tertiary/aromatic N) is 1. The summed E-state index contributed by atoms with van der Waals surface area (Å²) in [6.45, 7) is 6.78. The molecule has 2 aromatic heterocycles. The van der Waals surface area contributed by atoms with Gasteiger partial charge in [0.15, 0.2) is 0 Å². The summed E-state index contributed by atoms with van der Waals surface area (Å²) >= 11 is 0. The van der Waals surface area contributed by atoms with Crippen molar-refractivity contribution in [2.45, 2.75) is 33.6 Å². The number of hydrogen-bond donors (Lipinski definition) is 0. The fourth-order valence-electron chi connectivity index (χ4n) is 5.04. The minimum Gasteiger partial charge on any atom is -0.455 e. The Balaban J connectivity index is 1.58. The van der Waals surface area contributed by atoms with E-state index in [9.17, 15) is 0 Å². The molecule has 1 aliphatic carbocycles. The fourth-order valence-corrected chi connectivity index (χ4v) is 5.04. The van der Waals surface area contributed by atoms with Gasteiger partial charge in [0.1, 0.15) is 11.2 Å². The van der Waals surface area contributed by atoms with Crippen molar-refractivity contribution < 1.29 is 4.42 Å². The third-order valence-electron chi connectivity index (χ3n) is 6.62. The first-order valence-corrected chi connectivity index (χ1v) is 11.0. The van der Waals surface area contributed by atoms with Crippen LogP contribution in [0.3, 0.4) is 0 Å². The van der Waals surface area contributed by atoms with Crippen molar-refractivity contribution in [2.24, 2.45) is 5.41 Å². The van der Waals surface area contributed by atoms with Crippen LogP contribution >= 0.6 is 0 Å². The minimum absolute atomic E-state index is 0.294. The monoisotopic (exact) mass is 403 g/mol. The third-order valence-corrected chi connectivity index (χ3v) is 6.62. The van der Waals surface area contributed by atoms with Crippen molar-refractivity contribution in [2.75, 3.05) is 0 Å². The van der Waals surface area contributed by atoms with Gasteiger partial charge in [-0.1, -0.05) is 50.3 Å². The Morgan fingerprint density at radius 1 is 0.903 bits per heavy atom. The number of pyridine rings is 1. The molecule has 2 heterocycles. The molecular formula is C29H25NO. The zero-order chi connectivity index (χ0) is 21.2. The topological polar surface area (TPSA) is 26.0 Å². The number of benzene rings is 3. The molecule has 0 bridgehead atoms. The molecule has 2 nitrogen and oxygen atoms in total. The van der Waals surface area contributed by atoms with Crippen molar-refractivity contribution in [1.82, 2.24) is 4.98 Å². The Kier molecular flexibility index (Phi) is 3.89. The van der Waals surface area contributed by atoms with Gasteiger partial charge in [0.05, 0.1) is 5.69 Å². The summed E-state index contributed by atoms with van der Waals surface area (Å²) in [4.78, 5) is 4.81. The maximum atomic E-state index is 6.32. The molecule has 152 valence electrons. The van der Waals surface area contributed by atoms with Crippen LogP contribution < -0.4 is 0 Å². The highest BCUT2D eigenvalue weighted by molar-refractivity contribution is 6.12. The minimum atomic E-state index is 0.294. The summed E-state index contributed by atoms with van der Waals surface area (Å²) in [7, 11) is 0. The number of aromatic nitrogens is 1. The first-order valence-electron chi connectivity index (χ1n) is 11.0. The number of aryl methyl sites for hydroxylation is 1. The average Bonchev–Trinajstić information content (AvgIpc) is 3.32. The molecule has 31 heavy (non-hydrogen) atoms. The Morgan fingerprint density at radius 3 is 2.61 bits per heavy atom. The van der Waals surface area contributed by atoms with Crippen molar-refractivity contribution in [3.05, 3.63) is 84.1 Å². The van der Waals surface area contributed by atoms with Gasteiger partial charge >= 0.3 is 0 Å². The van der Waals surface area contributed by atoms with Gasteiger partial charge in [-0.25, -0.2) is 0 Å². The number of allylic oxidation sites excluding steroid dienone is 2. The van der Waals surface area contributed by atoms with Gasteiger partial charge in [-0.15, -0.1) is 0 Å². The maximum Gasteiger partial charge on any atom is 0.144 e. The van der Waals surface area contributed by atoms with E-state index in [1.54, 1.807) is 0 Å². The highest BCUT2D eigenvalue weighted by Gasteiger charge is 2.23. The van der Waals surface area contributed by atoms with Crippen LogP contribution in [0.5, 0.6) is 0 Å². The van der Waals surface area contributed by atoms with Gasteiger partial charge in [0.25, 0.3) is 0 Å². The number of para-hydroxylation sites is 1. The fraction of sp³-hybridized carbons (Fsp3) is 0.207. The lowest BCUT2D eigenvalue weighted by Crippen LogP contribution is -2.00. The van der Waals surface area contributed by atoms with E-state index in [0.29, 0.717) is 5.41 Å². The molecule has 6 rings (SSSR count). The van der Waals surface area contributed by atoms with Gasteiger partial charge in [0.2, 0.25) is 0 Å². The lowest BCUT2D eigenvalue weighted by Gasteiger charge is -2.11. The quantitative estimate of drug-likeness (QED) is 0.296. The lowest BCUT2D eigenvalue weighted by molar-refractivity contribution is 0.471. The number of furan rings is 1. The summed E-state index contributed by atoms with van der Waals surface area (Å²) in [6, 6.07) is 21.6. The Labute approximate surface area is 182 Å². The first kappa shape index (κ1) is 18.4. The van der Waals surface area contributed by atoms with Gasteiger partial charge in [-0.3, -0.25) is 4.98 Å². The van der Waals surface area contributed by atoms with E-state index >= 15 is 0 Å². The molecule has 5 aromatic rings. The molecule has 0 atom stereocenters. The molecule has 0 aliphatic heterocycles. The van der Waals surface area contributed by atoms with Crippen molar-refractivity contribution in [1.29, 1.82) is 0 Å². The molecule has 0 amide bonds. The van der Waals surface area contributed by atoms with Crippen LogP contribution in [-0.2, 0) is 0 Å². The van der Waals surface area contributed by atoms with E-state index in [4.69, 9.17) is 9.40 Å². The van der Waals surface area contributed by atoms with Gasteiger partial charge in [-0.2, -0.15) is 0 Å². The van der Waals surface area contributed by atoms with Crippen molar-refractivity contribution >= 4 is 38.3 Å². The molecule has 0 radical (unpaired) electrons. The van der Waals surface area contributed by atoms with Crippen LogP contribution in [-0.4, -0.2) is 4.98 Å². The molecule has 0 saturated carbocycles. The van der Waals surface area contributed by atoms with E-state index in [2.05, 4.69) is 75.4 Å². The molecule has 0 saturated heterocycles. The SMILES string of the molecule is Cc1cc(-c2nccc3cc(C4=CC(C)(C)CC4)ccc23)c2oc3ccccc3c2c1. The number of hydrogen-bond acceptors (Lipinski definition) is 2. The van der Waals surface area contributed by atoms with Gasteiger partial charge < -0.3 is 4.42 Å². The predicted octanol–water partition coefficient (Wildman–Crippen LogP) is 8.31. The van der Waals surface area contributed by atoms with Crippen LogP contribution in [0.25, 0.3) is 49.5 Å². The molecule has 2 heteroatoms. The average molecular weight is 404 g/mol. The first-order chi connectivity index (χ1) is 15.0. The lowest BCUT2D eigenvalue weighted by atomic mass is 9.94. The van der Waals surface area contributed by atoms with Crippen molar-refractivity contribution in [3.63, 3.8) is 0 Å². The molecule has 1 aliphatic rings. The normalized spacial score (nSPS) is 15.8. The third kappa shape index (κ3) is 2.97. The van der Waals surface area contributed by atoms with E-state index in [1.165, 1.54) is 28.5 Å². The van der Waals surface area contributed by atoms with Crippen LogP contribution in [0, 0.1) is 12.3 Å². The van der Waals surface area contributed by atoms with Crippen LogP contribution in [0.1, 0.15) is 37.8 Å². The Bertz CT molecular complexity index is 1520. The number of fused-ring (bicyclic) bond motifs is 4. The molecule has 0 spiro atoms. The second-order valence-electron chi connectivity index (χ2n) is 9.54. The molecule has 3 aromatic carbocycles. The largest absolute Gasteiger partial charge is 0.455 e. The highest BCUT2D eigenvalue weighted by atomic mass is 16.3. The summed E-state index contributed by atoms with van der Waals surface area (Å²) in [5.74, 6) is 0. The molecule has 0 fully saturated rings. The van der Waals surface area contributed by atoms with E-state index in [-0.39, 0.29) is 0 Å². The number of rotatable bonds is 2. The predicted molar refractivity (Wildman–Crippen MR) is 130 cm³/mol. The summed E-state index contributed by atoms with van der Waals surface area (Å²) in [5, 5.41) is 4.69. The van der Waals surface area contributed by atoms with E-state index < -0.39 is 0 Å². The second-order valence-corrected chi connectivity index (χ2v) is 9.54. The zero-order valence-corrected chi connectivity index (χ0v) is 18.2. The summed E-state index contributed by atoms with van der Waals surface area (Å²) in [5.41, 5.74) is 8.17. The molecule has 0 unspecified atom stereocenters. The van der Waals surface area contributed by atoms with Gasteiger partial charge in [0, 0.05) is 27.9 Å². The molecular weight excluding hydrogens is 378 g/mol. The summed E-state index contributed by atoms with van der Waals surface area (Å²) in [6.07, 6.45) is 6.73. The second kappa shape index (κ2) is 6.55. The van der Waals surface area contributed by atoms with E-state index in [1.807, 2.05) is 18.3 Å². The van der Waals surface area contributed by atoms with Crippen LogP contribution in [0.2, 0.25) is 0 Å². The standard InChI is InChI=1S/C29H25NO/c1-18-14-24-23-6-4-5-7-26(23)31-28(24)25(15-18)27-22-9-8-19(16-20(22)11-13-30-27)21-10-12-29(2,3)17-21/h4-9,11,13-17H,10,12H2,1-3H3. The smallest absolute Gasteiger partial charge is 0.144 e. The Morgan fingerprint density at radius 2 is 1.77 bits per heavy atom. The van der Waals surface area contributed by atoms with Crippen molar-refractivity contribution in [3.8, 4) is 11.3 Å². The van der Waals surface area contributed by atoms with E-state index in [0.717, 1.165) is 45.0 Å². The Hall–Kier alpha value is -3.39. The zero-order valence-electron chi connectivity index (χ0n) is 18.2. The van der Waals surface area contributed by atoms with Crippen LogP contribution in [0.15, 0.2) is 77.4 Å². The van der Waals surface area contributed by atoms with Gasteiger partial charge in [-0.05, 0) is 77.6 Å². The highest BCUT2D eigenvalue weighted by Crippen LogP contribution is 2.42. The summed E-state index contributed by atoms with van der Waals surface area (Å²) < 4.78 is 6.32. The van der Waals surface area contributed by atoms with Crippen LogP contribution in [0.4, 0.5) is 0 Å².